The van der Waals surface area contributed by atoms with Crippen LogP contribution in [0.2, 0.25) is 0 Å². The normalized spacial score (nSPS) is 12.6. The number of fused-ring (bicyclic) bond motifs is 3. The summed E-state index contributed by atoms with van der Waals surface area (Å²) in [5, 5.41) is 0. The third-order valence-corrected chi connectivity index (χ3v) is 8.72. The van der Waals surface area contributed by atoms with Crippen molar-refractivity contribution < 1.29 is 19.1 Å². The molecular weight excluding hydrogens is 556 g/mol. The molecule has 0 fully saturated rings. The molecule has 0 unspecified atom stereocenters. The highest BCUT2D eigenvalue weighted by atomic mass is 16.5. The van der Waals surface area contributed by atoms with Crippen molar-refractivity contribution in [1.29, 1.82) is 0 Å². The van der Waals surface area contributed by atoms with Crippen LogP contribution in [-0.2, 0) is 5.41 Å². The van der Waals surface area contributed by atoms with Crippen molar-refractivity contribution >= 4 is 11.8 Å². The molecule has 1 aliphatic carbocycles. The molecule has 0 aliphatic heterocycles. The average Bonchev–Trinajstić information content (AvgIpc) is 3.40. The zero-order valence-electron chi connectivity index (χ0n) is 25.0. The minimum absolute atomic E-state index is 0.0291. The second-order valence-corrected chi connectivity index (χ2v) is 11.2. The van der Waals surface area contributed by atoms with Gasteiger partial charge in [0.25, 0.3) is 0 Å². The summed E-state index contributed by atoms with van der Waals surface area (Å²) in [6.45, 7) is 1.55. The van der Waals surface area contributed by atoms with Crippen molar-refractivity contribution in [2.75, 3.05) is 7.11 Å². The van der Waals surface area contributed by atoms with E-state index < -0.39 is 11.4 Å². The Morgan fingerprint density at radius 2 is 0.956 bits per heavy atom. The van der Waals surface area contributed by atoms with E-state index in [2.05, 4.69) is 72.8 Å². The molecule has 0 spiro atoms. The minimum Gasteiger partial charge on any atom is -0.497 e. The van der Waals surface area contributed by atoms with E-state index in [1.165, 1.54) is 22.3 Å². The summed E-state index contributed by atoms with van der Waals surface area (Å²) in [6.07, 6.45) is 0. The van der Waals surface area contributed by atoms with Gasteiger partial charge in [0.05, 0.1) is 18.1 Å². The van der Waals surface area contributed by atoms with Crippen LogP contribution in [0.4, 0.5) is 0 Å². The molecule has 45 heavy (non-hydrogen) atoms. The Morgan fingerprint density at radius 1 is 0.511 bits per heavy atom. The molecule has 0 saturated carbocycles. The SMILES string of the molecule is COc1ccc(C2(c3ccc(OC(=O)c4ccc(-c5ccc(C(C)=O)cc5)cc4)cc3)c3ccccc3-c3ccccc32)cc1. The Labute approximate surface area is 262 Å². The summed E-state index contributed by atoms with van der Waals surface area (Å²) in [6, 6.07) is 48.0. The van der Waals surface area contributed by atoms with E-state index in [0.717, 1.165) is 28.0 Å². The molecule has 0 bridgehead atoms. The van der Waals surface area contributed by atoms with E-state index in [1.807, 2.05) is 60.7 Å². The Balaban J connectivity index is 1.20. The highest BCUT2D eigenvalue weighted by Gasteiger charge is 2.45. The zero-order chi connectivity index (χ0) is 31.0. The van der Waals surface area contributed by atoms with Crippen LogP contribution in [0.5, 0.6) is 11.5 Å². The number of carbonyl (C=O) groups is 2. The lowest BCUT2D eigenvalue weighted by Crippen LogP contribution is -2.28. The molecule has 4 heteroatoms. The monoisotopic (exact) mass is 586 g/mol. The molecular formula is C41H30O4. The van der Waals surface area contributed by atoms with Gasteiger partial charge < -0.3 is 9.47 Å². The van der Waals surface area contributed by atoms with Gasteiger partial charge in [-0.1, -0.05) is 109 Å². The molecule has 0 atom stereocenters. The predicted octanol–water partition coefficient (Wildman–Crippen LogP) is 9.15. The van der Waals surface area contributed by atoms with Gasteiger partial charge in [-0.15, -0.1) is 0 Å². The van der Waals surface area contributed by atoms with Crippen LogP contribution in [0.1, 0.15) is 49.9 Å². The second kappa shape index (κ2) is 11.4. The van der Waals surface area contributed by atoms with Crippen molar-refractivity contribution in [3.8, 4) is 33.8 Å². The van der Waals surface area contributed by atoms with Crippen LogP contribution in [-0.4, -0.2) is 18.9 Å². The smallest absolute Gasteiger partial charge is 0.343 e. The molecule has 6 aromatic carbocycles. The van der Waals surface area contributed by atoms with Crippen molar-refractivity contribution in [2.24, 2.45) is 0 Å². The molecule has 0 aromatic heterocycles. The molecule has 0 amide bonds. The topological polar surface area (TPSA) is 52.6 Å². The van der Waals surface area contributed by atoms with Crippen LogP contribution in [0.25, 0.3) is 22.3 Å². The highest BCUT2D eigenvalue weighted by Crippen LogP contribution is 2.56. The van der Waals surface area contributed by atoms with Crippen molar-refractivity contribution in [2.45, 2.75) is 12.3 Å². The largest absolute Gasteiger partial charge is 0.497 e. The lowest BCUT2D eigenvalue weighted by atomic mass is 9.68. The van der Waals surface area contributed by atoms with Crippen LogP contribution in [0.15, 0.2) is 146 Å². The number of benzene rings is 6. The molecule has 218 valence electrons. The maximum Gasteiger partial charge on any atom is 0.343 e. The molecule has 7 rings (SSSR count). The number of hydrogen-bond donors (Lipinski definition) is 0. The fourth-order valence-corrected chi connectivity index (χ4v) is 6.50. The first kappa shape index (κ1) is 28.1. The van der Waals surface area contributed by atoms with Crippen LogP contribution < -0.4 is 9.47 Å². The summed E-state index contributed by atoms with van der Waals surface area (Å²) < 4.78 is 11.3. The standard InChI is InChI=1S/C41H30O4/c1-27(42)28-11-13-29(14-12-28)30-15-17-31(18-16-30)40(43)45-35-25-21-33(22-26-35)41(32-19-23-34(44-2)24-20-32)38-9-5-3-7-36(38)37-8-4-6-10-39(37)41/h3-26H,1-2H3. The van der Waals surface area contributed by atoms with E-state index >= 15 is 0 Å². The van der Waals surface area contributed by atoms with Crippen LogP contribution in [0.3, 0.4) is 0 Å². The number of methoxy groups -OCH3 is 1. The molecule has 0 saturated heterocycles. The molecule has 4 nitrogen and oxygen atoms in total. The number of hydrogen-bond acceptors (Lipinski definition) is 4. The van der Waals surface area contributed by atoms with Gasteiger partial charge in [-0.05, 0) is 87.8 Å². The molecule has 0 heterocycles. The zero-order valence-corrected chi connectivity index (χ0v) is 25.0. The maximum atomic E-state index is 13.1. The lowest BCUT2D eigenvalue weighted by Gasteiger charge is -2.34. The first-order valence-electron chi connectivity index (χ1n) is 14.9. The van der Waals surface area contributed by atoms with E-state index in [4.69, 9.17) is 9.47 Å². The third kappa shape index (κ3) is 4.81. The summed E-state index contributed by atoms with van der Waals surface area (Å²) in [5.41, 5.74) is 9.51. The van der Waals surface area contributed by atoms with Gasteiger partial charge >= 0.3 is 5.97 Å². The van der Waals surface area contributed by atoms with E-state index in [-0.39, 0.29) is 5.78 Å². The van der Waals surface area contributed by atoms with Crippen molar-refractivity contribution in [1.82, 2.24) is 0 Å². The maximum absolute atomic E-state index is 13.1. The fraction of sp³-hybridized carbons (Fsp3) is 0.0732. The summed E-state index contributed by atoms with van der Waals surface area (Å²) in [4.78, 5) is 24.7. The predicted molar refractivity (Wildman–Crippen MR) is 177 cm³/mol. The Hall–Kier alpha value is -5.74. The van der Waals surface area contributed by atoms with E-state index in [1.54, 1.807) is 26.2 Å². The molecule has 0 radical (unpaired) electrons. The number of ether oxygens (including phenoxy) is 2. The lowest BCUT2D eigenvalue weighted by molar-refractivity contribution is 0.0734. The molecule has 0 N–H and O–H groups in total. The Kier molecular flexibility index (Phi) is 7.11. The third-order valence-electron chi connectivity index (χ3n) is 8.72. The van der Waals surface area contributed by atoms with Crippen molar-refractivity contribution in [3.05, 3.63) is 179 Å². The first-order chi connectivity index (χ1) is 22.0. The van der Waals surface area contributed by atoms with Gasteiger partial charge in [-0.2, -0.15) is 0 Å². The summed E-state index contributed by atoms with van der Waals surface area (Å²) in [7, 11) is 1.68. The van der Waals surface area contributed by atoms with Gasteiger partial charge in [0.15, 0.2) is 5.78 Å². The summed E-state index contributed by atoms with van der Waals surface area (Å²) in [5.74, 6) is 0.871. The van der Waals surface area contributed by atoms with Crippen LogP contribution in [0, 0.1) is 0 Å². The first-order valence-corrected chi connectivity index (χ1v) is 14.9. The second-order valence-electron chi connectivity index (χ2n) is 11.2. The van der Waals surface area contributed by atoms with Gasteiger partial charge in [-0.25, -0.2) is 4.79 Å². The molecule has 1 aliphatic rings. The van der Waals surface area contributed by atoms with Crippen molar-refractivity contribution in [3.63, 3.8) is 0 Å². The molecule has 6 aromatic rings. The van der Waals surface area contributed by atoms with Gasteiger partial charge in [0.2, 0.25) is 0 Å². The number of Topliss-reactive ketones (excluding diaryl/α,β-unsaturated/α-hetero) is 1. The van der Waals surface area contributed by atoms with Gasteiger partial charge in [-0.3, -0.25) is 4.79 Å². The minimum atomic E-state index is -0.555. The number of esters is 1. The Morgan fingerprint density at radius 3 is 1.42 bits per heavy atom. The number of ketones is 1. The highest BCUT2D eigenvalue weighted by molar-refractivity contribution is 5.95. The van der Waals surface area contributed by atoms with E-state index in [9.17, 15) is 9.59 Å². The summed E-state index contributed by atoms with van der Waals surface area (Å²) >= 11 is 0. The number of carbonyl (C=O) groups excluding carboxylic acids is 2. The van der Waals surface area contributed by atoms with Crippen LogP contribution >= 0.6 is 0 Å². The fourth-order valence-electron chi connectivity index (χ4n) is 6.50. The van der Waals surface area contributed by atoms with Gasteiger partial charge in [0, 0.05) is 5.56 Å². The van der Waals surface area contributed by atoms with Gasteiger partial charge in [0.1, 0.15) is 11.5 Å². The van der Waals surface area contributed by atoms with E-state index in [0.29, 0.717) is 16.9 Å². The number of rotatable bonds is 7. The quantitative estimate of drug-likeness (QED) is 0.106. The Bertz CT molecular complexity index is 1980. The average molecular weight is 587 g/mol.